The van der Waals surface area contributed by atoms with Crippen LogP contribution in [-0.4, -0.2) is 89.4 Å². The zero-order valence-electron chi connectivity index (χ0n) is 25.1. The Balaban J connectivity index is 0.000000581. The van der Waals surface area contributed by atoms with Crippen molar-refractivity contribution < 1.29 is 19.2 Å². The molecule has 5 aromatic rings. The SMILES string of the molecule is Nc1nc(N)nc(N)n1.Nc1nc(N)nc(N)n1.Nc1nc(N)nc(N)n1.Nc1nc(N)nc(N)n1.Nc1nc(N)nc(N)n1.O=P(O)(O)O. The first kappa shape index (κ1) is 42.2. The van der Waals surface area contributed by atoms with E-state index in [1.807, 2.05) is 0 Å². The van der Waals surface area contributed by atoms with E-state index in [2.05, 4.69) is 74.8 Å². The monoisotopic (exact) mass is 728 g/mol. The fraction of sp³-hybridized carbons (Fsp3) is 0. The van der Waals surface area contributed by atoms with Gasteiger partial charge in [-0.05, 0) is 0 Å². The van der Waals surface area contributed by atoms with E-state index in [1.54, 1.807) is 0 Å². The quantitative estimate of drug-likeness (QED) is 0.0658. The van der Waals surface area contributed by atoms with Crippen LogP contribution >= 0.6 is 7.82 Å². The molecule has 0 aliphatic rings. The number of nitrogens with two attached hydrogens (primary N) is 15. The minimum Gasteiger partial charge on any atom is -0.368 e. The molecule has 0 radical (unpaired) electrons. The van der Waals surface area contributed by atoms with Gasteiger partial charge in [-0.3, -0.25) is 0 Å². The summed E-state index contributed by atoms with van der Waals surface area (Å²) in [5, 5.41) is 0. The largest absolute Gasteiger partial charge is 0.466 e. The summed E-state index contributed by atoms with van der Waals surface area (Å²) in [5.74, 6) is 0.625. The maximum atomic E-state index is 8.88. The molecule has 0 aliphatic heterocycles. The van der Waals surface area contributed by atoms with E-state index in [0.717, 1.165) is 0 Å². The lowest BCUT2D eigenvalue weighted by Gasteiger charge is -1.93. The summed E-state index contributed by atoms with van der Waals surface area (Å²) in [5.41, 5.74) is 77.1. The van der Waals surface area contributed by atoms with Gasteiger partial charge < -0.3 is 101 Å². The molecule has 0 unspecified atom stereocenters. The molecule has 0 aromatic carbocycles. The van der Waals surface area contributed by atoms with Gasteiger partial charge in [0.05, 0.1) is 0 Å². The summed E-state index contributed by atoms with van der Waals surface area (Å²) < 4.78 is 8.88. The van der Waals surface area contributed by atoms with E-state index in [1.165, 1.54) is 0 Å². The Labute approximate surface area is 277 Å². The first-order chi connectivity index (χ1) is 22.9. The second-order valence-corrected chi connectivity index (χ2v) is 8.59. The van der Waals surface area contributed by atoms with Crippen molar-refractivity contribution in [3.8, 4) is 0 Å². The second-order valence-electron chi connectivity index (χ2n) is 7.56. The molecule has 0 atom stereocenters. The number of nitrogen functional groups attached to an aromatic ring is 15. The van der Waals surface area contributed by atoms with Gasteiger partial charge in [0, 0.05) is 0 Å². The van der Waals surface area contributed by atoms with Crippen molar-refractivity contribution in [1.82, 2.24) is 74.8 Å². The van der Waals surface area contributed by atoms with Gasteiger partial charge in [0.2, 0.25) is 89.2 Å². The van der Waals surface area contributed by atoms with Crippen molar-refractivity contribution in [3.63, 3.8) is 0 Å². The Bertz CT molecular complexity index is 1310. The summed E-state index contributed by atoms with van der Waals surface area (Å²) in [6, 6.07) is 0. The lowest BCUT2D eigenvalue weighted by atomic mass is 10.9. The number of nitrogens with zero attached hydrogens (tertiary/aromatic N) is 15. The molecular weight excluding hydrogens is 695 g/mol. The van der Waals surface area contributed by atoms with Crippen molar-refractivity contribution in [2.75, 3.05) is 86.0 Å². The van der Waals surface area contributed by atoms with E-state index in [-0.39, 0.29) is 89.2 Å². The standard InChI is InChI=1S/5C3H6N6.H3O4P/c5*4-1-7-2(5)9-3(6)8-1;1-5(2,3)4/h5*(H6,4,5,6,7,8,9);(H3,1,2,3,4). The van der Waals surface area contributed by atoms with E-state index in [9.17, 15) is 0 Å². The molecule has 0 fully saturated rings. The van der Waals surface area contributed by atoms with Crippen molar-refractivity contribution in [3.05, 3.63) is 0 Å². The molecule has 33 N–H and O–H groups in total. The van der Waals surface area contributed by atoms with E-state index in [4.69, 9.17) is 105 Å². The predicted molar refractivity (Wildman–Crippen MR) is 180 cm³/mol. The Kier molecular flexibility index (Phi) is 16.5. The first-order valence-corrected chi connectivity index (χ1v) is 13.4. The van der Waals surface area contributed by atoms with Crippen LogP contribution in [0.15, 0.2) is 0 Å². The molecule has 5 rings (SSSR count). The fourth-order valence-electron chi connectivity index (χ4n) is 2.14. The first-order valence-electron chi connectivity index (χ1n) is 11.8. The number of aromatic nitrogens is 15. The van der Waals surface area contributed by atoms with E-state index in [0.29, 0.717) is 0 Å². The highest BCUT2D eigenvalue weighted by atomic mass is 31.2. The maximum Gasteiger partial charge on any atom is 0.466 e. The Morgan fingerprint density at radius 3 is 0.320 bits per heavy atom. The number of hydrogen-bond acceptors (Lipinski definition) is 31. The zero-order valence-corrected chi connectivity index (χ0v) is 26.0. The van der Waals surface area contributed by atoms with Gasteiger partial charge in [-0.25, -0.2) is 4.57 Å². The molecule has 0 saturated carbocycles. The van der Waals surface area contributed by atoms with Gasteiger partial charge in [-0.1, -0.05) is 0 Å². The van der Waals surface area contributed by atoms with Crippen LogP contribution in [0.25, 0.3) is 0 Å². The number of anilines is 15. The third kappa shape index (κ3) is 22.6. The van der Waals surface area contributed by atoms with Gasteiger partial charge in [0.15, 0.2) is 0 Å². The molecule has 34 nitrogen and oxygen atoms in total. The fourth-order valence-corrected chi connectivity index (χ4v) is 2.14. The highest BCUT2D eigenvalue weighted by Crippen LogP contribution is 2.25. The molecule has 272 valence electrons. The van der Waals surface area contributed by atoms with Gasteiger partial charge in [0.25, 0.3) is 0 Å². The lowest BCUT2D eigenvalue weighted by molar-refractivity contribution is 0.275. The molecule has 5 heterocycles. The van der Waals surface area contributed by atoms with Crippen molar-refractivity contribution in [2.45, 2.75) is 0 Å². The van der Waals surface area contributed by atoms with Crippen LogP contribution in [0.2, 0.25) is 0 Å². The summed E-state index contributed by atoms with van der Waals surface area (Å²) in [6.07, 6.45) is 0. The topological polar surface area (TPSA) is 661 Å². The van der Waals surface area contributed by atoms with Crippen LogP contribution < -0.4 is 86.0 Å². The van der Waals surface area contributed by atoms with Crippen LogP contribution in [0, 0.1) is 0 Å². The highest BCUT2D eigenvalue weighted by Gasteiger charge is 2.00. The summed E-state index contributed by atoms with van der Waals surface area (Å²) in [7, 11) is -4.64. The van der Waals surface area contributed by atoms with Crippen molar-refractivity contribution in [2.24, 2.45) is 0 Å². The molecule has 0 aliphatic carbocycles. The van der Waals surface area contributed by atoms with Crippen LogP contribution in [0.4, 0.5) is 89.2 Å². The van der Waals surface area contributed by atoms with Crippen LogP contribution in [0.1, 0.15) is 0 Å². The molecule has 0 bridgehead atoms. The minimum absolute atomic E-state index is 0.0417. The second kappa shape index (κ2) is 19.6. The number of phosphoric acid groups is 1. The Morgan fingerprint density at radius 2 is 0.280 bits per heavy atom. The highest BCUT2D eigenvalue weighted by molar-refractivity contribution is 7.45. The number of hydrogen-bond donors (Lipinski definition) is 18. The predicted octanol–water partition coefficient (Wildman–Crippen LogP) is -7.84. The molecular formula is C15H33N30O4P. The zero-order chi connectivity index (χ0) is 38.8. The average Bonchev–Trinajstić information content (AvgIpc) is 2.85. The Hall–Kier alpha value is -7.84. The normalized spacial score (nSPS) is 9.58. The molecule has 0 amide bonds. The van der Waals surface area contributed by atoms with E-state index < -0.39 is 7.82 Å². The molecule has 5 aromatic heterocycles. The van der Waals surface area contributed by atoms with Crippen LogP contribution in [0.3, 0.4) is 0 Å². The average molecular weight is 729 g/mol. The Morgan fingerprint density at radius 1 is 0.240 bits per heavy atom. The molecule has 50 heavy (non-hydrogen) atoms. The minimum atomic E-state index is -4.64. The summed E-state index contributed by atoms with van der Waals surface area (Å²) in [4.78, 5) is 73.9. The summed E-state index contributed by atoms with van der Waals surface area (Å²) >= 11 is 0. The van der Waals surface area contributed by atoms with E-state index >= 15 is 0 Å². The third-order valence-corrected chi connectivity index (χ3v) is 3.44. The van der Waals surface area contributed by atoms with Crippen LogP contribution in [-0.2, 0) is 4.57 Å². The van der Waals surface area contributed by atoms with Gasteiger partial charge in [0.1, 0.15) is 0 Å². The van der Waals surface area contributed by atoms with Crippen LogP contribution in [0.5, 0.6) is 0 Å². The molecule has 0 spiro atoms. The maximum absolute atomic E-state index is 8.88. The molecule has 0 saturated heterocycles. The van der Waals surface area contributed by atoms with Gasteiger partial charge in [-0.15, -0.1) is 0 Å². The number of rotatable bonds is 0. The summed E-state index contributed by atoms with van der Waals surface area (Å²) in [6.45, 7) is 0. The van der Waals surface area contributed by atoms with Crippen molar-refractivity contribution in [1.29, 1.82) is 0 Å². The lowest BCUT2D eigenvalue weighted by Crippen LogP contribution is -2.05. The van der Waals surface area contributed by atoms with Crippen molar-refractivity contribution >= 4 is 97.0 Å². The third-order valence-electron chi connectivity index (χ3n) is 3.44. The van der Waals surface area contributed by atoms with Gasteiger partial charge >= 0.3 is 7.82 Å². The molecule has 35 heteroatoms. The smallest absolute Gasteiger partial charge is 0.368 e. The van der Waals surface area contributed by atoms with Gasteiger partial charge in [-0.2, -0.15) is 74.8 Å².